The summed E-state index contributed by atoms with van der Waals surface area (Å²) in [6, 6.07) is 8.19. The number of hydrogen-bond acceptors (Lipinski definition) is 0. The minimum Gasteiger partial charge on any atom is -0.123 e. The summed E-state index contributed by atoms with van der Waals surface area (Å²) in [6.45, 7) is 2.29. The molecule has 2 heteroatoms. The van der Waals surface area contributed by atoms with Crippen LogP contribution >= 0.6 is 23.2 Å². The van der Waals surface area contributed by atoms with E-state index in [1.54, 1.807) is 0 Å². The van der Waals surface area contributed by atoms with Crippen LogP contribution in [-0.4, -0.2) is 5.38 Å². The monoisotopic (exact) mass is 270 g/mol. The van der Waals surface area contributed by atoms with Crippen LogP contribution in [0.2, 0.25) is 5.02 Å². The molecule has 0 amide bonds. The zero-order valence-corrected chi connectivity index (χ0v) is 11.8. The molecule has 2 rings (SSSR count). The van der Waals surface area contributed by atoms with Crippen LogP contribution in [0.4, 0.5) is 0 Å². The second kappa shape index (κ2) is 6.11. The first kappa shape index (κ1) is 13.2. The number of benzene rings is 1. The van der Waals surface area contributed by atoms with E-state index in [0.717, 1.165) is 17.4 Å². The molecule has 1 aliphatic carbocycles. The molecule has 1 fully saturated rings. The molecule has 0 heterocycles. The van der Waals surface area contributed by atoms with Crippen molar-refractivity contribution in [1.29, 1.82) is 0 Å². The molecule has 0 radical (unpaired) electrons. The Balaban J connectivity index is 2.01. The standard InChI is InChI=1S/C15H20Cl2/c1-2-11-6-7-15(17)13(8-11)9-12-4-3-5-14(16)10-12/h3-5,10-11,13,15H,2,6-9H2,1H3. The highest BCUT2D eigenvalue weighted by Gasteiger charge is 2.28. The first-order valence-electron chi connectivity index (χ1n) is 6.57. The van der Waals surface area contributed by atoms with Crippen molar-refractivity contribution in [2.45, 2.75) is 44.4 Å². The van der Waals surface area contributed by atoms with Gasteiger partial charge in [0.15, 0.2) is 0 Å². The van der Waals surface area contributed by atoms with Crippen molar-refractivity contribution in [2.75, 3.05) is 0 Å². The van der Waals surface area contributed by atoms with Gasteiger partial charge in [0.25, 0.3) is 0 Å². The van der Waals surface area contributed by atoms with E-state index in [2.05, 4.69) is 19.1 Å². The van der Waals surface area contributed by atoms with Crippen LogP contribution in [0.5, 0.6) is 0 Å². The van der Waals surface area contributed by atoms with E-state index >= 15 is 0 Å². The summed E-state index contributed by atoms with van der Waals surface area (Å²) in [6.07, 6.45) is 6.11. The molecule has 1 aliphatic rings. The average molecular weight is 271 g/mol. The highest BCUT2D eigenvalue weighted by molar-refractivity contribution is 6.30. The second-order valence-electron chi connectivity index (χ2n) is 5.20. The molecule has 0 N–H and O–H groups in total. The van der Waals surface area contributed by atoms with E-state index in [0.29, 0.717) is 11.3 Å². The lowest BCUT2D eigenvalue weighted by Crippen LogP contribution is -2.26. The van der Waals surface area contributed by atoms with Gasteiger partial charge in [0.1, 0.15) is 0 Å². The topological polar surface area (TPSA) is 0 Å². The third-order valence-electron chi connectivity index (χ3n) is 3.96. The highest BCUT2D eigenvalue weighted by atomic mass is 35.5. The predicted molar refractivity (Wildman–Crippen MR) is 75.9 cm³/mol. The molecule has 0 spiro atoms. The molecule has 94 valence electrons. The Morgan fingerprint density at radius 2 is 2.12 bits per heavy atom. The average Bonchev–Trinajstić information content (AvgIpc) is 2.32. The van der Waals surface area contributed by atoms with Crippen molar-refractivity contribution in [3.63, 3.8) is 0 Å². The van der Waals surface area contributed by atoms with E-state index in [9.17, 15) is 0 Å². The van der Waals surface area contributed by atoms with Crippen molar-refractivity contribution < 1.29 is 0 Å². The van der Waals surface area contributed by atoms with Gasteiger partial charge in [-0.3, -0.25) is 0 Å². The van der Waals surface area contributed by atoms with E-state index in [1.165, 1.54) is 31.2 Å². The zero-order valence-electron chi connectivity index (χ0n) is 10.3. The quantitative estimate of drug-likeness (QED) is 0.653. The van der Waals surface area contributed by atoms with Gasteiger partial charge >= 0.3 is 0 Å². The van der Waals surface area contributed by atoms with Crippen LogP contribution in [0.1, 0.15) is 38.2 Å². The van der Waals surface area contributed by atoms with Crippen LogP contribution in [0, 0.1) is 11.8 Å². The van der Waals surface area contributed by atoms with Crippen LogP contribution in [0.3, 0.4) is 0 Å². The molecule has 1 aromatic carbocycles. The highest BCUT2D eigenvalue weighted by Crippen LogP contribution is 2.36. The lowest BCUT2D eigenvalue weighted by Gasteiger charge is -2.32. The largest absolute Gasteiger partial charge is 0.123 e. The van der Waals surface area contributed by atoms with Crippen molar-refractivity contribution in [1.82, 2.24) is 0 Å². The van der Waals surface area contributed by atoms with E-state index < -0.39 is 0 Å². The maximum absolute atomic E-state index is 6.46. The molecule has 1 saturated carbocycles. The normalized spacial score (nSPS) is 29.2. The molecule has 1 aromatic rings. The van der Waals surface area contributed by atoms with Gasteiger partial charge in [0, 0.05) is 10.4 Å². The molecule has 0 saturated heterocycles. The van der Waals surface area contributed by atoms with Crippen LogP contribution in [0.25, 0.3) is 0 Å². The van der Waals surface area contributed by atoms with E-state index in [4.69, 9.17) is 23.2 Å². The Kier molecular flexibility index (Phi) is 4.76. The second-order valence-corrected chi connectivity index (χ2v) is 6.19. The van der Waals surface area contributed by atoms with Crippen molar-refractivity contribution >= 4 is 23.2 Å². The lowest BCUT2D eigenvalue weighted by atomic mass is 9.77. The zero-order chi connectivity index (χ0) is 12.3. The van der Waals surface area contributed by atoms with Gasteiger partial charge in [0.05, 0.1) is 0 Å². The first-order chi connectivity index (χ1) is 8.19. The van der Waals surface area contributed by atoms with Crippen LogP contribution in [-0.2, 0) is 6.42 Å². The summed E-state index contributed by atoms with van der Waals surface area (Å²) in [4.78, 5) is 0. The number of halogens is 2. The molecule has 0 nitrogen and oxygen atoms in total. The summed E-state index contributed by atoms with van der Waals surface area (Å²) in [5.41, 5.74) is 1.32. The number of hydrogen-bond donors (Lipinski definition) is 0. The van der Waals surface area contributed by atoms with Gasteiger partial charge in [-0.25, -0.2) is 0 Å². The van der Waals surface area contributed by atoms with Crippen LogP contribution in [0.15, 0.2) is 24.3 Å². The van der Waals surface area contributed by atoms with Crippen molar-refractivity contribution in [3.8, 4) is 0 Å². The molecule has 17 heavy (non-hydrogen) atoms. The Hall–Kier alpha value is -0.200. The Bertz CT molecular complexity index is 362. The molecule has 0 aliphatic heterocycles. The Morgan fingerprint density at radius 1 is 1.29 bits per heavy atom. The maximum Gasteiger partial charge on any atom is 0.0408 e. The summed E-state index contributed by atoms with van der Waals surface area (Å²) in [5.74, 6) is 1.49. The SMILES string of the molecule is CCC1CCC(Cl)C(Cc2cccc(Cl)c2)C1. The van der Waals surface area contributed by atoms with E-state index in [-0.39, 0.29) is 0 Å². The Morgan fingerprint density at radius 3 is 2.82 bits per heavy atom. The van der Waals surface area contributed by atoms with Gasteiger partial charge in [-0.15, -0.1) is 11.6 Å². The molecule has 3 unspecified atom stereocenters. The fourth-order valence-electron chi connectivity index (χ4n) is 2.87. The van der Waals surface area contributed by atoms with Gasteiger partial charge in [0.2, 0.25) is 0 Å². The minimum absolute atomic E-state index is 0.344. The number of alkyl halides is 1. The fraction of sp³-hybridized carbons (Fsp3) is 0.600. The molecule has 3 atom stereocenters. The van der Waals surface area contributed by atoms with Crippen molar-refractivity contribution in [2.24, 2.45) is 11.8 Å². The summed E-state index contributed by atoms with van der Waals surface area (Å²) >= 11 is 12.5. The van der Waals surface area contributed by atoms with Gasteiger partial charge in [-0.05, 0) is 55.2 Å². The summed E-state index contributed by atoms with van der Waals surface area (Å²) < 4.78 is 0. The van der Waals surface area contributed by atoms with Gasteiger partial charge in [-0.2, -0.15) is 0 Å². The molecular weight excluding hydrogens is 251 g/mol. The van der Waals surface area contributed by atoms with Gasteiger partial charge < -0.3 is 0 Å². The first-order valence-corrected chi connectivity index (χ1v) is 7.39. The molecule has 0 aromatic heterocycles. The van der Waals surface area contributed by atoms with Crippen molar-refractivity contribution in [3.05, 3.63) is 34.9 Å². The maximum atomic E-state index is 6.46. The van der Waals surface area contributed by atoms with E-state index in [1.807, 2.05) is 12.1 Å². The summed E-state index contributed by atoms with van der Waals surface area (Å²) in [7, 11) is 0. The Labute approximate surface area is 114 Å². The summed E-state index contributed by atoms with van der Waals surface area (Å²) in [5, 5.41) is 1.17. The van der Waals surface area contributed by atoms with Gasteiger partial charge in [-0.1, -0.05) is 37.1 Å². The smallest absolute Gasteiger partial charge is 0.0408 e. The molecule has 0 bridgehead atoms. The fourth-order valence-corrected chi connectivity index (χ4v) is 3.40. The number of rotatable bonds is 3. The third-order valence-corrected chi connectivity index (χ3v) is 4.77. The molecular formula is C15H20Cl2. The predicted octanol–water partition coefficient (Wildman–Crippen LogP) is 5.32. The van der Waals surface area contributed by atoms with Crippen LogP contribution < -0.4 is 0 Å². The minimum atomic E-state index is 0.344. The third kappa shape index (κ3) is 3.63. The lowest BCUT2D eigenvalue weighted by molar-refractivity contribution is 0.265.